The van der Waals surface area contributed by atoms with Crippen molar-refractivity contribution in [2.75, 3.05) is 24.5 Å². The van der Waals surface area contributed by atoms with Crippen molar-refractivity contribution in [3.05, 3.63) is 29.8 Å². The molecule has 0 atom stereocenters. The number of hydrogen-bond acceptors (Lipinski definition) is 3. The zero-order valence-electron chi connectivity index (χ0n) is 12.3. The summed E-state index contributed by atoms with van der Waals surface area (Å²) in [6, 6.07) is 10.2. The van der Waals surface area contributed by atoms with Crippen LogP contribution in [0, 0.1) is 16.7 Å². The molecule has 2 rings (SSSR count). The number of anilines is 1. The van der Waals surface area contributed by atoms with E-state index in [0.717, 1.165) is 30.9 Å². The summed E-state index contributed by atoms with van der Waals surface area (Å²) in [6.45, 7) is 11.9. The highest BCUT2D eigenvalue weighted by Gasteiger charge is 2.36. The molecule has 1 heterocycles. The van der Waals surface area contributed by atoms with Gasteiger partial charge in [0.25, 0.3) is 0 Å². The Morgan fingerprint density at radius 3 is 2.53 bits per heavy atom. The van der Waals surface area contributed by atoms with Crippen LogP contribution in [0.15, 0.2) is 24.3 Å². The minimum atomic E-state index is 0.000718. The van der Waals surface area contributed by atoms with Crippen molar-refractivity contribution in [1.82, 2.24) is 5.32 Å². The van der Waals surface area contributed by atoms with Gasteiger partial charge in [0.15, 0.2) is 0 Å². The molecular formula is C16H23N3. The molecule has 0 amide bonds. The van der Waals surface area contributed by atoms with Crippen LogP contribution in [0.4, 0.5) is 5.69 Å². The van der Waals surface area contributed by atoms with Gasteiger partial charge in [0.1, 0.15) is 6.07 Å². The zero-order chi connectivity index (χ0) is 14.1. The molecule has 0 aromatic heterocycles. The number of nitrogens with zero attached hydrogens (tertiary/aromatic N) is 2. The van der Waals surface area contributed by atoms with Crippen LogP contribution >= 0.6 is 0 Å². The molecule has 3 nitrogen and oxygen atoms in total. The van der Waals surface area contributed by atoms with Gasteiger partial charge in [-0.1, -0.05) is 26.0 Å². The fraction of sp³-hybridized carbons (Fsp3) is 0.562. The molecule has 1 aliphatic rings. The van der Waals surface area contributed by atoms with E-state index >= 15 is 0 Å². The Morgan fingerprint density at radius 2 is 1.84 bits per heavy atom. The third-order valence-corrected chi connectivity index (χ3v) is 3.79. The molecule has 1 aromatic carbocycles. The van der Waals surface area contributed by atoms with Crippen molar-refractivity contribution in [3.63, 3.8) is 0 Å². The average molecular weight is 257 g/mol. The van der Waals surface area contributed by atoms with E-state index in [4.69, 9.17) is 0 Å². The van der Waals surface area contributed by atoms with Crippen molar-refractivity contribution < 1.29 is 0 Å². The predicted molar refractivity (Wildman–Crippen MR) is 79.2 cm³/mol. The molecule has 19 heavy (non-hydrogen) atoms. The number of benzene rings is 1. The third-order valence-electron chi connectivity index (χ3n) is 3.79. The van der Waals surface area contributed by atoms with Gasteiger partial charge in [-0.05, 0) is 31.4 Å². The van der Waals surface area contributed by atoms with E-state index < -0.39 is 0 Å². The Kier molecular flexibility index (Phi) is 3.56. The van der Waals surface area contributed by atoms with Crippen molar-refractivity contribution >= 4 is 5.69 Å². The summed E-state index contributed by atoms with van der Waals surface area (Å²) in [5.41, 5.74) is 2.00. The van der Waals surface area contributed by atoms with E-state index in [0.29, 0.717) is 0 Å². The fourth-order valence-corrected chi connectivity index (χ4v) is 2.71. The Morgan fingerprint density at radius 1 is 1.16 bits per heavy atom. The summed E-state index contributed by atoms with van der Waals surface area (Å²) in [5.74, 6) is 0. The van der Waals surface area contributed by atoms with Gasteiger partial charge >= 0.3 is 0 Å². The van der Waals surface area contributed by atoms with Crippen molar-refractivity contribution in [2.45, 2.75) is 33.2 Å². The molecule has 1 aliphatic heterocycles. The summed E-state index contributed by atoms with van der Waals surface area (Å²) in [7, 11) is 0. The van der Waals surface area contributed by atoms with E-state index in [1.165, 1.54) is 0 Å². The van der Waals surface area contributed by atoms with E-state index in [9.17, 15) is 5.26 Å². The van der Waals surface area contributed by atoms with Gasteiger partial charge in [-0.3, -0.25) is 0 Å². The van der Waals surface area contributed by atoms with Crippen molar-refractivity contribution in [1.29, 1.82) is 5.26 Å². The zero-order valence-corrected chi connectivity index (χ0v) is 12.3. The number of para-hydroxylation sites is 1. The van der Waals surface area contributed by atoms with Gasteiger partial charge in [-0.2, -0.15) is 5.26 Å². The molecule has 102 valence electrons. The van der Waals surface area contributed by atoms with Crippen LogP contribution in [0.2, 0.25) is 0 Å². The van der Waals surface area contributed by atoms with Crippen molar-refractivity contribution in [2.24, 2.45) is 5.41 Å². The SMILES string of the molecule is CC1(C)CNCC(C)(C)N(c2ccccc2C#N)C1. The molecular weight excluding hydrogens is 234 g/mol. The second kappa shape index (κ2) is 4.86. The number of nitrogens with one attached hydrogen (secondary N) is 1. The summed E-state index contributed by atoms with van der Waals surface area (Å²) in [5, 5.41) is 12.9. The van der Waals surface area contributed by atoms with Gasteiger partial charge in [0.2, 0.25) is 0 Å². The molecule has 0 saturated carbocycles. The van der Waals surface area contributed by atoms with Crippen LogP contribution in [0.1, 0.15) is 33.3 Å². The van der Waals surface area contributed by atoms with Gasteiger partial charge in [-0.15, -0.1) is 0 Å². The number of rotatable bonds is 1. The Balaban J connectivity index is 2.46. The average Bonchev–Trinajstić information content (AvgIpc) is 2.45. The molecule has 0 aliphatic carbocycles. The lowest BCUT2D eigenvalue weighted by Gasteiger charge is -2.41. The molecule has 1 fully saturated rings. The maximum atomic E-state index is 9.33. The molecule has 1 N–H and O–H groups in total. The maximum absolute atomic E-state index is 9.33. The predicted octanol–water partition coefficient (Wildman–Crippen LogP) is 2.77. The number of nitriles is 1. The van der Waals surface area contributed by atoms with Gasteiger partial charge in [0.05, 0.1) is 11.3 Å². The Hall–Kier alpha value is -1.53. The molecule has 1 aromatic rings. The first-order valence-electron chi connectivity index (χ1n) is 6.83. The van der Waals surface area contributed by atoms with Gasteiger partial charge in [0, 0.05) is 25.2 Å². The van der Waals surface area contributed by atoms with Crippen LogP contribution in [0.5, 0.6) is 0 Å². The first-order chi connectivity index (χ1) is 8.86. The normalized spacial score (nSPS) is 21.5. The highest BCUT2D eigenvalue weighted by molar-refractivity contribution is 5.61. The first kappa shape index (κ1) is 13.9. The summed E-state index contributed by atoms with van der Waals surface area (Å²) in [4.78, 5) is 2.38. The minimum Gasteiger partial charge on any atom is -0.363 e. The van der Waals surface area contributed by atoms with E-state index in [2.05, 4.69) is 50.0 Å². The lowest BCUT2D eigenvalue weighted by molar-refractivity contribution is 0.365. The summed E-state index contributed by atoms with van der Waals surface area (Å²) in [6.07, 6.45) is 0. The Bertz CT molecular complexity index is 497. The first-order valence-corrected chi connectivity index (χ1v) is 6.83. The van der Waals surface area contributed by atoms with Crippen LogP contribution in [0.3, 0.4) is 0 Å². The largest absolute Gasteiger partial charge is 0.363 e. The fourth-order valence-electron chi connectivity index (χ4n) is 2.71. The minimum absolute atomic E-state index is 0.000718. The highest BCUT2D eigenvalue weighted by atomic mass is 15.2. The van der Waals surface area contributed by atoms with Gasteiger partial charge in [-0.25, -0.2) is 0 Å². The van der Waals surface area contributed by atoms with E-state index in [1.54, 1.807) is 0 Å². The lowest BCUT2D eigenvalue weighted by Crippen LogP contribution is -2.50. The quantitative estimate of drug-likeness (QED) is 0.841. The van der Waals surface area contributed by atoms with Crippen LogP contribution in [-0.2, 0) is 0 Å². The standard InChI is InChI=1S/C16H23N3/c1-15(2)10-18-11-16(3,4)19(12-15)14-8-6-5-7-13(14)9-17/h5-8,18H,10-12H2,1-4H3. The topological polar surface area (TPSA) is 39.1 Å². The molecule has 0 bridgehead atoms. The molecule has 0 unspecified atom stereocenters. The number of hydrogen-bond donors (Lipinski definition) is 1. The third kappa shape index (κ3) is 2.90. The van der Waals surface area contributed by atoms with E-state index in [1.807, 2.05) is 18.2 Å². The van der Waals surface area contributed by atoms with Crippen molar-refractivity contribution in [3.8, 4) is 6.07 Å². The second-order valence-corrected chi connectivity index (χ2v) is 6.80. The maximum Gasteiger partial charge on any atom is 0.101 e. The van der Waals surface area contributed by atoms with Crippen LogP contribution in [0.25, 0.3) is 0 Å². The highest BCUT2D eigenvalue weighted by Crippen LogP contribution is 2.32. The lowest BCUT2D eigenvalue weighted by atomic mass is 9.91. The molecule has 0 spiro atoms. The van der Waals surface area contributed by atoms with Crippen LogP contribution < -0.4 is 10.2 Å². The second-order valence-electron chi connectivity index (χ2n) is 6.80. The monoisotopic (exact) mass is 257 g/mol. The summed E-state index contributed by atoms with van der Waals surface area (Å²) >= 11 is 0. The van der Waals surface area contributed by atoms with Gasteiger partial charge < -0.3 is 10.2 Å². The molecule has 0 radical (unpaired) electrons. The smallest absolute Gasteiger partial charge is 0.101 e. The molecule has 1 saturated heterocycles. The van der Waals surface area contributed by atoms with Crippen LogP contribution in [-0.4, -0.2) is 25.2 Å². The summed E-state index contributed by atoms with van der Waals surface area (Å²) < 4.78 is 0. The Labute approximate surface area is 116 Å². The molecule has 3 heteroatoms. The van der Waals surface area contributed by atoms with E-state index in [-0.39, 0.29) is 11.0 Å².